The lowest BCUT2D eigenvalue weighted by Crippen LogP contribution is -2.30. The third kappa shape index (κ3) is 69.4. The van der Waals surface area contributed by atoms with E-state index >= 15 is 0 Å². The normalized spacial score (nSPS) is 14.8. The van der Waals surface area contributed by atoms with Crippen LogP contribution < -0.4 is 0 Å². The Kier molecular flexibility index (Phi) is 66.7. The molecular weight excluding hydrogens is 1280 g/mol. The van der Waals surface area contributed by atoms with Gasteiger partial charge in [-0.3, -0.25) is 37.3 Å². The summed E-state index contributed by atoms with van der Waals surface area (Å²) in [5, 5.41) is 10.6. The third-order valence-electron chi connectivity index (χ3n) is 14.8. The fraction of sp³-hybridized carbons (Fsp3) is 0.646. The zero-order valence-electron chi connectivity index (χ0n) is 60.7. The van der Waals surface area contributed by atoms with Crippen molar-refractivity contribution in [1.82, 2.24) is 0 Å². The van der Waals surface area contributed by atoms with Gasteiger partial charge < -0.3 is 33.8 Å². The van der Waals surface area contributed by atoms with Crippen LogP contribution in [0.3, 0.4) is 0 Å². The smallest absolute Gasteiger partial charge is 0.462 e. The molecule has 17 nitrogen and oxygen atoms in total. The molecule has 0 aromatic heterocycles. The molecule has 5 atom stereocenters. The van der Waals surface area contributed by atoms with E-state index in [0.717, 1.165) is 141 Å². The van der Waals surface area contributed by atoms with Crippen LogP contribution in [0.15, 0.2) is 146 Å². The molecule has 0 saturated carbocycles. The van der Waals surface area contributed by atoms with Crippen molar-refractivity contribution < 1.29 is 80.2 Å². The number of phosphoric ester groups is 2. The summed E-state index contributed by atoms with van der Waals surface area (Å²) in [5.74, 6) is -2.33. The van der Waals surface area contributed by atoms with E-state index in [0.29, 0.717) is 38.5 Å². The number of hydrogen-bond donors (Lipinski definition) is 3. The Morgan fingerprint density at radius 3 is 0.908 bits per heavy atom. The van der Waals surface area contributed by atoms with Gasteiger partial charge in [0.15, 0.2) is 12.2 Å². The molecule has 0 aliphatic carbocycles. The Hall–Kier alpha value is -5.06. The summed E-state index contributed by atoms with van der Waals surface area (Å²) < 4.78 is 68.2. The molecule has 0 spiro atoms. The van der Waals surface area contributed by atoms with E-state index in [4.69, 9.17) is 37.0 Å². The van der Waals surface area contributed by atoms with Crippen LogP contribution >= 0.6 is 15.6 Å². The van der Waals surface area contributed by atoms with Gasteiger partial charge in [-0.2, -0.15) is 0 Å². The lowest BCUT2D eigenvalue weighted by Gasteiger charge is -2.21. The lowest BCUT2D eigenvalue weighted by atomic mass is 10.1. The Labute approximate surface area is 592 Å². The summed E-state index contributed by atoms with van der Waals surface area (Å²) in [6.45, 7) is 4.40. The highest BCUT2D eigenvalue weighted by molar-refractivity contribution is 7.47. The minimum absolute atomic E-state index is 0.000209. The zero-order chi connectivity index (χ0) is 71.8. The summed E-state index contributed by atoms with van der Waals surface area (Å²) in [4.78, 5) is 72.7. The summed E-state index contributed by atoms with van der Waals surface area (Å²) in [6, 6.07) is 0. The van der Waals surface area contributed by atoms with E-state index in [2.05, 4.69) is 149 Å². The summed E-state index contributed by atoms with van der Waals surface area (Å²) in [7, 11) is -9.99. The summed E-state index contributed by atoms with van der Waals surface area (Å²) >= 11 is 0. The van der Waals surface area contributed by atoms with Crippen molar-refractivity contribution in [3.05, 3.63) is 146 Å². The van der Waals surface area contributed by atoms with Crippen LogP contribution in [-0.2, 0) is 65.4 Å². The van der Waals surface area contributed by atoms with Gasteiger partial charge in [0.25, 0.3) is 0 Å². The largest absolute Gasteiger partial charge is 0.472 e. The maximum Gasteiger partial charge on any atom is 0.472 e. The zero-order valence-corrected chi connectivity index (χ0v) is 62.4. The third-order valence-corrected chi connectivity index (χ3v) is 16.7. The van der Waals surface area contributed by atoms with Crippen molar-refractivity contribution in [2.24, 2.45) is 0 Å². The molecule has 0 aliphatic heterocycles. The average molecular weight is 1410 g/mol. The molecule has 0 amide bonds. The summed E-state index contributed by atoms with van der Waals surface area (Å²) in [5.41, 5.74) is 0. The van der Waals surface area contributed by atoms with E-state index in [9.17, 15) is 43.2 Å². The first kappa shape index (κ1) is 92.9. The van der Waals surface area contributed by atoms with Crippen LogP contribution in [0, 0.1) is 0 Å². The molecule has 98 heavy (non-hydrogen) atoms. The van der Waals surface area contributed by atoms with E-state index in [-0.39, 0.29) is 25.7 Å². The van der Waals surface area contributed by atoms with Crippen LogP contribution in [0.25, 0.3) is 0 Å². The number of carbonyl (C=O) groups excluding carboxylic acids is 4. The van der Waals surface area contributed by atoms with Crippen molar-refractivity contribution in [1.29, 1.82) is 0 Å². The number of aliphatic hydroxyl groups excluding tert-OH is 1. The van der Waals surface area contributed by atoms with Crippen molar-refractivity contribution in [3.63, 3.8) is 0 Å². The van der Waals surface area contributed by atoms with Crippen LogP contribution in [0.1, 0.15) is 272 Å². The van der Waals surface area contributed by atoms with E-state index in [1.54, 1.807) is 0 Å². The quantitative estimate of drug-likeness (QED) is 0.0169. The number of rotatable bonds is 68. The maximum atomic E-state index is 13.1. The van der Waals surface area contributed by atoms with Crippen molar-refractivity contribution in [2.45, 2.75) is 290 Å². The van der Waals surface area contributed by atoms with E-state index in [1.165, 1.54) is 38.5 Å². The van der Waals surface area contributed by atoms with Gasteiger partial charge in [-0.15, -0.1) is 0 Å². The number of ether oxygens (including phenoxy) is 4. The highest BCUT2D eigenvalue weighted by Crippen LogP contribution is 2.45. The molecule has 0 saturated heterocycles. The average Bonchev–Trinajstić information content (AvgIpc) is 0.980. The van der Waals surface area contributed by atoms with Gasteiger partial charge in [-0.1, -0.05) is 263 Å². The molecule has 0 aliphatic rings. The number of allylic oxidation sites excluding steroid dienone is 24. The molecule has 558 valence electrons. The van der Waals surface area contributed by atoms with Crippen molar-refractivity contribution >= 4 is 39.5 Å². The van der Waals surface area contributed by atoms with Crippen LogP contribution in [0.5, 0.6) is 0 Å². The monoisotopic (exact) mass is 1410 g/mol. The molecular formula is C79H130O17P2. The maximum absolute atomic E-state index is 13.1. The first-order valence-electron chi connectivity index (χ1n) is 37.1. The number of unbranched alkanes of at least 4 members (excludes halogenated alkanes) is 18. The van der Waals surface area contributed by atoms with E-state index in [1.807, 2.05) is 24.3 Å². The topological polar surface area (TPSA) is 237 Å². The second kappa shape index (κ2) is 70.4. The van der Waals surface area contributed by atoms with Crippen LogP contribution in [-0.4, -0.2) is 96.7 Å². The van der Waals surface area contributed by atoms with Crippen molar-refractivity contribution in [3.8, 4) is 0 Å². The minimum Gasteiger partial charge on any atom is -0.462 e. The molecule has 0 heterocycles. The number of esters is 4. The second-order valence-electron chi connectivity index (χ2n) is 24.1. The minimum atomic E-state index is -5.01. The molecule has 0 rings (SSSR count). The Morgan fingerprint density at radius 1 is 0.296 bits per heavy atom. The SMILES string of the molecule is CC/C=C\C/C=C\C/C=C\C/C=C\C/C=C\CCCC(=O)OCC(COP(=O)(O)OCC(O)COP(=O)(O)OCC(COC(=O)CCCCCCC/C=C\C/C=C\CCC)OC(=O)CCCCCCCCCCCCC)OC(=O)CCC/C=C\C/C=C\C/C=C\C/C=C\C/C=C\CC. The van der Waals surface area contributed by atoms with Gasteiger partial charge in [0, 0.05) is 25.7 Å². The highest BCUT2D eigenvalue weighted by Gasteiger charge is 2.30. The standard InChI is InChI=1S/C79H130O17P2/c1-5-9-13-17-21-25-29-32-34-36-38-41-45-48-52-56-60-64-77(82)90-70-75(96-79(84)66-62-58-54-50-46-42-39-37-35-33-30-26-22-18-14-10-6-2)72-94-98(87,88)92-68-73(80)67-91-97(85,86)93-71-74(95-78(83)65-61-57-53-49-43-28-24-20-16-12-8-4)69-89-76(81)63-59-55-51-47-44-40-31-27-23-19-15-11-7-3/h9-10,13-15,19,21-22,25-27,31-35,38-39,41-42,48,50,52,54,73-75,80H,5-8,11-12,16-18,20,23-24,28-30,36-37,40,43-47,49,51,53,55-72H2,1-4H3,(H,85,86)(H,87,88)/b13-9-,14-10-,19-15-,25-21-,26-22-,31-27-,34-32-,35-33-,41-38-,42-39-,52-48-,54-50-. The fourth-order valence-corrected chi connectivity index (χ4v) is 10.8. The van der Waals surface area contributed by atoms with Gasteiger partial charge in [0.1, 0.15) is 19.3 Å². The van der Waals surface area contributed by atoms with Gasteiger partial charge in [0.05, 0.1) is 26.4 Å². The molecule has 19 heteroatoms. The van der Waals surface area contributed by atoms with Crippen molar-refractivity contribution in [2.75, 3.05) is 39.6 Å². The van der Waals surface area contributed by atoms with Gasteiger partial charge in [-0.05, 0) is 128 Å². The first-order chi connectivity index (χ1) is 47.7. The fourth-order valence-electron chi connectivity index (χ4n) is 9.21. The van der Waals surface area contributed by atoms with Crippen LogP contribution in [0.4, 0.5) is 0 Å². The molecule has 0 radical (unpaired) electrons. The Bertz CT molecular complexity index is 2430. The second-order valence-corrected chi connectivity index (χ2v) is 27.0. The molecule has 5 unspecified atom stereocenters. The predicted octanol–water partition coefficient (Wildman–Crippen LogP) is 21.1. The van der Waals surface area contributed by atoms with Crippen LogP contribution in [0.2, 0.25) is 0 Å². The Balaban J connectivity index is 5.46. The molecule has 0 fully saturated rings. The molecule has 0 aromatic rings. The number of hydrogen-bond acceptors (Lipinski definition) is 15. The molecule has 0 aromatic carbocycles. The number of aliphatic hydroxyl groups is 1. The van der Waals surface area contributed by atoms with E-state index < -0.39 is 97.5 Å². The highest BCUT2D eigenvalue weighted by atomic mass is 31.2. The van der Waals surface area contributed by atoms with Gasteiger partial charge in [-0.25, -0.2) is 9.13 Å². The first-order valence-corrected chi connectivity index (χ1v) is 40.1. The number of phosphoric acid groups is 2. The molecule has 0 bridgehead atoms. The molecule has 3 N–H and O–H groups in total. The number of carbonyl (C=O) groups is 4. The lowest BCUT2D eigenvalue weighted by molar-refractivity contribution is -0.161. The summed E-state index contributed by atoms with van der Waals surface area (Å²) in [6.07, 6.45) is 78.7. The van der Waals surface area contributed by atoms with Gasteiger partial charge >= 0.3 is 39.5 Å². The Morgan fingerprint density at radius 2 is 0.561 bits per heavy atom. The predicted molar refractivity (Wildman–Crippen MR) is 399 cm³/mol. The van der Waals surface area contributed by atoms with Gasteiger partial charge in [0.2, 0.25) is 0 Å².